The number of hydrazine groups is 1. The SMILES string of the molecule is CN1CC(NC(=O)c2cnc(NNC(=S)NC3c4cnccc4CCc4c(F)cccc43)c(Cl)c2)CC1=O. The fourth-order valence-corrected chi connectivity index (χ4v) is 5.16. The van der Waals surface area contributed by atoms with E-state index >= 15 is 0 Å². The molecule has 0 spiro atoms. The van der Waals surface area contributed by atoms with Crippen LogP contribution in [0.1, 0.15) is 45.1 Å². The van der Waals surface area contributed by atoms with Crippen LogP contribution in [0.15, 0.2) is 48.9 Å². The summed E-state index contributed by atoms with van der Waals surface area (Å²) < 4.78 is 14.7. The Morgan fingerprint density at radius 1 is 1.18 bits per heavy atom. The molecule has 38 heavy (non-hydrogen) atoms. The lowest BCUT2D eigenvalue weighted by atomic mass is 9.96. The van der Waals surface area contributed by atoms with E-state index in [9.17, 15) is 14.0 Å². The van der Waals surface area contributed by atoms with Crippen molar-refractivity contribution in [3.63, 3.8) is 0 Å². The van der Waals surface area contributed by atoms with Crippen molar-refractivity contribution >= 4 is 46.6 Å². The van der Waals surface area contributed by atoms with E-state index in [4.69, 9.17) is 23.8 Å². The molecule has 12 heteroatoms. The van der Waals surface area contributed by atoms with Gasteiger partial charge < -0.3 is 15.5 Å². The molecular weight excluding hydrogens is 529 g/mol. The Morgan fingerprint density at radius 2 is 2.03 bits per heavy atom. The fraction of sp³-hybridized carbons (Fsp3) is 0.269. The molecular formula is C26H25ClFN7O2S. The third-order valence-electron chi connectivity index (χ3n) is 6.72. The van der Waals surface area contributed by atoms with Gasteiger partial charge in [0.25, 0.3) is 5.91 Å². The number of aromatic nitrogens is 2. The Bertz CT molecular complexity index is 1420. The zero-order valence-corrected chi connectivity index (χ0v) is 22.0. The highest BCUT2D eigenvalue weighted by Crippen LogP contribution is 2.33. The average Bonchev–Trinajstić information content (AvgIpc) is 3.12. The lowest BCUT2D eigenvalue weighted by Crippen LogP contribution is -2.41. The van der Waals surface area contributed by atoms with Crippen LogP contribution in [0.2, 0.25) is 5.02 Å². The summed E-state index contributed by atoms with van der Waals surface area (Å²) in [6, 6.07) is 7.78. The van der Waals surface area contributed by atoms with Crippen LogP contribution in [0.3, 0.4) is 0 Å². The molecule has 3 heterocycles. The number of hydrogen-bond acceptors (Lipinski definition) is 6. The first-order valence-electron chi connectivity index (χ1n) is 12.0. The van der Waals surface area contributed by atoms with Gasteiger partial charge >= 0.3 is 0 Å². The molecule has 9 nitrogen and oxygen atoms in total. The molecule has 0 saturated carbocycles. The van der Waals surface area contributed by atoms with Crippen LogP contribution in [0.4, 0.5) is 10.2 Å². The number of likely N-dealkylation sites (tertiary alicyclic amines) is 1. The number of halogens is 2. The zero-order chi connectivity index (χ0) is 26.8. The van der Waals surface area contributed by atoms with Crippen molar-refractivity contribution in [1.82, 2.24) is 30.9 Å². The molecule has 1 saturated heterocycles. The van der Waals surface area contributed by atoms with Crippen LogP contribution < -0.4 is 21.5 Å². The molecule has 2 atom stereocenters. The Morgan fingerprint density at radius 3 is 2.79 bits per heavy atom. The van der Waals surface area contributed by atoms with Crippen LogP contribution in [0, 0.1) is 5.82 Å². The third-order valence-corrected chi connectivity index (χ3v) is 7.23. The van der Waals surface area contributed by atoms with Crippen molar-refractivity contribution in [2.24, 2.45) is 0 Å². The maximum absolute atomic E-state index is 14.7. The molecule has 2 unspecified atom stereocenters. The van der Waals surface area contributed by atoms with Gasteiger partial charge in [-0.1, -0.05) is 23.7 Å². The number of carbonyl (C=O) groups is 2. The standard InChI is InChI=1S/C26H25ClFN7O2S/c1-35-13-16(10-22(35)36)31-25(37)15-9-20(27)24(30-11-15)33-34-26(38)32-23-18-3-2-4-21(28)17(18)6-5-14-7-8-29-12-19(14)23/h2-4,7-9,11-12,16,23H,5-6,10,13H2,1H3,(H,30,33)(H,31,37)(H2,32,34,38). The minimum Gasteiger partial charge on any atom is -0.350 e. The van der Waals surface area contributed by atoms with Gasteiger partial charge in [0, 0.05) is 44.2 Å². The number of nitrogens with one attached hydrogen (secondary N) is 4. The number of pyridine rings is 2. The van der Waals surface area contributed by atoms with Gasteiger partial charge in [-0.25, -0.2) is 9.37 Å². The second-order valence-electron chi connectivity index (χ2n) is 9.24. The number of hydrogen-bond donors (Lipinski definition) is 4. The van der Waals surface area contributed by atoms with E-state index < -0.39 is 6.04 Å². The number of benzene rings is 1. The summed E-state index contributed by atoms with van der Waals surface area (Å²) in [4.78, 5) is 34.4. The predicted octanol–water partition coefficient (Wildman–Crippen LogP) is 2.91. The Balaban J connectivity index is 1.25. The fourth-order valence-electron chi connectivity index (χ4n) is 4.78. The highest BCUT2D eigenvalue weighted by Gasteiger charge is 2.29. The first-order valence-corrected chi connectivity index (χ1v) is 12.8. The van der Waals surface area contributed by atoms with Crippen molar-refractivity contribution in [2.45, 2.75) is 31.3 Å². The van der Waals surface area contributed by atoms with Crippen molar-refractivity contribution in [2.75, 3.05) is 19.0 Å². The summed E-state index contributed by atoms with van der Waals surface area (Å²) in [5.74, 6) is -0.370. The Hall–Kier alpha value is -3.83. The molecule has 196 valence electrons. The summed E-state index contributed by atoms with van der Waals surface area (Å²) >= 11 is 11.9. The molecule has 1 aliphatic heterocycles. The van der Waals surface area contributed by atoms with Gasteiger partial charge in [0.05, 0.1) is 22.7 Å². The number of likely N-dealkylation sites (N-methyl/N-ethyl adjacent to an activating group) is 1. The van der Waals surface area contributed by atoms with Crippen molar-refractivity contribution < 1.29 is 14.0 Å². The van der Waals surface area contributed by atoms with Crippen molar-refractivity contribution in [3.8, 4) is 0 Å². The average molecular weight is 554 g/mol. The lowest BCUT2D eigenvalue weighted by molar-refractivity contribution is -0.126. The highest BCUT2D eigenvalue weighted by atomic mass is 35.5. The van der Waals surface area contributed by atoms with E-state index in [1.165, 1.54) is 18.3 Å². The summed E-state index contributed by atoms with van der Waals surface area (Å²) in [7, 11) is 1.70. The molecule has 0 bridgehead atoms. The summed E-state index contributed by atoms with van der Waals surface area (Å²) in [5, 5.41) is 6.51. The lowest BCUT2D eigenvalue weighted by Gasteiger charge is -2.23. The van der Waals surface area contributed by atoms with E-state index in [-0.39, 0.29) is 51.6 Å². The van der Waals surface area contributed by atoms with E-state index in [1.807, 2.05) is 12.1 Å². The number of rotatable bonds is 5. The van der Waals surface area contributed by atoms with Crippen LogP contribution in [0.5, 0.6) is 0 Å². The molecule has 5 rings (SSSR count). The van der Waals surface area contributed by atoms with Gasteiger partial charge in [-0.2, -0.15) is 0 Å². The smallest absolute Gasteiger partial charge is 0.253 e. The monoisotopic (exact) mass is 553 g/mol. The maximum atomic E-state index is 14.7. The second kappa shape index (κ2) is 10.9. The number of aryl methyl sites for hydroxylation is 1. The van der Waals surface area contributed by atoms with Crippen molar-refractivity contribution in [1.29, 1.82) is 0 Å². The Kier molecular flexibility index (Phi) is 7.39. The van der Waals surface area contributed by atoms with E-state index in [0.717, 1.165) is 16.7 Å². The normalized spacial score (nSPS) is 18.2. The number of nitrogens with zero attached hydrogens (tertiary/aromatic N) is 3. The van der Waals surface area contributed by atoms with Gasteiger partial charge in [0.15, 0.2) is 10.9 Å². The van der Waals surface area contributed by atoms with Gasteiger partial charge in [-0.15, -0.1) is 0 Å². The molecule has 2 aromatic heterocycles. The van der Waals surface area contributed by atoms with Gasteiger partial charge in [0.2, 0.25) is 5.91 Å². The van der Waals surface area contributed by atoms with Crippen LogP contribution in [-0.4, -0.2) is 51.4 Å². The van der Waals surface area contributed by atoms with E-state index in [2.05, 4.69) is 31.5 Å². The molecule has 1 fully saturated rings. The first-order chi connectivity index (χ1) is 18.3. The predicted molar refractivity (Wildman–Crippen MR) is 145 cm³/mol. The maximum Gasteiger partial charge on any atom is 0.253 e. The van der Waals surface area contributed by atoms with Crippen LogP contribution >= 0.6 is 23.8 Å². The molecule has 0 radical (unpaired) electrons. The minimum atomic E-state index is -0.412. The van der Waals surface area contributed by atoms with E-state index in [0.29, 0.717) is 24.9 Å². The second-order valence-corrected chi connectivity index (χ2v) is 10.1. The largest absolute Gasteiger partial charge is 0.350 e. The number of thiocarbonyl (C=S) groups is 1. The summed E-state index contributed by atoms with van der Waals surface area (Å²) in [6.45, 7) is 0.457. The number of carbonyl (C=O) groups excluding carboxylic acids is 2. The summed E-state index contributed by atoms with van der Waals surface area (Å²) in [6.07, 6.45) is 6.40. The van der Waals surface area contributed by atoms with Gasteiger partial charge in [-0.3, -0.25) is 25.4 Å². The topological polar surface area (TPSA) is 111 Å². The quantitative estimate of drug-likeness (QED) is 0.282. The molecule has 2 aliphatic rings. The molecule has 1 aliphatic carbocycles. The van der Waals surface area contributed by atoms with Crippen LogP contribution in [0.25, 0.3) is 0 Å². The molecule has 4 N–H and O–H groups in total. The van der Waals surface area contributed by atoms with Crippen LogP contribution in [-0.2, 0) is 17.6 Å². The molecule has 3 aromatic rings. The van der Waals surface area contributed by atoms with Gasteiger partial charge in [-0.05, 0) is 59.9 Å². The van der Waals surface area contributed by atoms with Gasteiger partial charge in [0.1, 0.15) is 5.82 Å². The third kappa shape index (κ3) is 5.39. The minimum absolute atomic E-state index is 0.0149. The van der Waals surface area contributed by atoms with Crippen molar-refractivity contribution in [3.05, 3.63) is 87.6 Å². The molecule has 1 aromatic carbocycles. The number of amides is 2. The zero-order valence-electron chi connectivity index (χ0n) is 20.4. The number of anilines is 1. The Labute approximate surface area is 229 Å². The first kappa shape index (κ1) is 25.8. The molecule has 2 amide bonds. The van der Waals surface area contributed by atoms with E-state index in [1.54, 1.807) is 30.4 Å². The summed E-state index contributed by atoms with van der Waals surface area (Å²) in [5.41, 5.74) is 9.41. The highest BCUT2D eigenvalue weighted by molar-refractivity contribution is 7.80. The number of fused-ring (bicyclic) bond motifs is 2.